The summed E-state index contributed by atoms with van der Waals surface area (Å²) in [6, 6.07) is 2.69. The number of hydrogen-bond acceptors (Lipinski definition) is 4. The van der Waals surface area contributed by atoms with Crippen LogP contribution in [0.25, 0.3) is 0 Å². The lowest BCUT2D eigenvalue weighted by atomic mass is 10.1. The van der Waals surface area contributed by atoms with Gasteiger partial charge in [-0.25, -0.2) is 13.1 Å². The number of nitrogen functional groups attached to an aromatic ring is 1. The third-order valence-electron chi connectivity index (χ3n) is 3.38. The Morgan fingerprint density at radius 1 is 1.35 bits per heavy atom. The third-order valence-corrected chi connectivity index (χ3v) is 5.55. The van der Waals surface area contributed by atoms with E-state index in [0.717, 1.165) is 6.42 Å². The minimum Gasteiger partial charge on any atom is -0.398 e. The van der Waals surface area contributed by atoms with Gasteiger partial charge >= 0.3 is 0 Å². The van der Waals surface area contributed by atoms with Crippen LogP contribution in [0.1, 0.15) is 19.3 Å². The summed E-state index contributed by atoms with van der Waals surface area (Å²) in [5.74, 6) is 0.132. The van der Waals surface area contributed by atoms with Crippen molar-refractivity contribution in [3.63, 3.8) is 0 Å². The van der Waals surface area contributed by atoms with Crippen LogP contribution in [-0.2, 0) is 10.0 Å². The summed E-state index contributed by atoms with van der Waals surface area (Å²) in [6.45, 7) is 0.262. The Labute approximate surface area is 128 Å². The van der Waals surface area contributed by atoms with Crippen molar-refractivity contribution in [1.29, 1.82) is 0 Å². The number of sulfonamides is 1. The van der Waals surface area contributed by atoms with Crippen molar-refractivity contribution in [3.8, 4) is 0 Å². The summed E-state index contributed by atoms with van der Waals surface area (Å²) in [6.07, 6.45) is 1.77. The quantitative estimate of drug-likeness (QED) is 0.732. The fourth-order valence-corrected chi connectivity index (χ4v) is 4.50. The number of nitrogens with one attached hydrogen (secondary N) is 1. The molecule has 2 rings (SSSR count). The molecule has 1 fully saturated rings. The molecule has 0 spiro atoms. The first-order valence-electron chi connectivity index (χ1n) is 6.22. The maximum Gasteiger partial charge on any atom is 0.244 e. The van der Waals surface area contributed by atoms with Crippen LogP contribution in [0.2, 0.25) is 10.0 Å². The largest absolute Gasteiger partial charge is 0.398 e. The van der Waals surface area contributed by atoms with Crippen molar-refractivity contribution >= 4 is 38.9 Å². The van der Waals surface area contributed by atoms with Crippen molar-refractivity contribution < 1.29 is 13.5 Å². The summed E-state index contributed by atoms with van der Waals surface area (Å²) in [5, 5.41) is 9.71. The van der Waals surface area contributed by atoms with Gasteiger partial charge in [-0.05, 0) is 37.3 Å². The maximum absolute atomic E-state index is 12.2. The number of halogens is 2. The molecule has 2 atom stereocenters. The van der Waals surface area contributed by atoms with E-state index in [9.17, 15) is 13.5 Å². The van der Waals surface area contributed by atoms with Gasteiger partial charge in [0.25, 0.3) is 0 Å². The molecule has 0 radical (unpaired) electrons. The minimum atomic E-state index is -3.79. The predicted molar refractivity (Wildman–Crippen MR) is 79.4 cm³/mol. The van der Waals surface area contributed by atoms with Gasteiger partial charge in [-0.1, -0.05) is 23.2 Å². The van der Waals surface area contributed by atoms with Gasteiger partial charge in [0.1, 0.15) is 4.90 Å². The van der Waals surface area contributed by atoms with Crippen molar-refractivity contribution in [2.24, 2.45) is 5.92 Å². The average molecular weight is 339 g/mol. The Morgan fingerprint density at radius 3 is 2.60 bits per heavy atom. The Morgan fingerprint density at radius 2 is 2.05 bits per heavy atom. The van der Waals surface area contributed by atoms with E-state index in [4.69, 9.17) is 28.9 Å². The van der Waals surface area contributed by atoms with Crippen LogP contribution in [-0.4, -0.2) is 26.2 Å². The molecule has 4 N–H and O–H groups in total. The highest BCUT2D eigenvalue weighted by Crippen LogP contribution is 2.31. The van der Waals surface area contributed by atoms with E-state index in [2.05, 4.69) is 4.72 Å². The summed E-state index contributed by atoms with van der Waals surface area (Å²) in [4.78, 5) is -0.151. The van der Waals surface area contributed by atoms with Gasteiger partial charge in [0.05, 0.1) is 16.8 Å². The first-order valence-corrected chi connectivity index (χ1v) is 8.46. The Balaban J connectivity index is 2.15. The molecule has 0 aliphatic heterocycles. The van der Waals surface area contributed by atoms with Crippen molar-refractivity contribution in [2.45, 2.75) is 30.3 Å². The fourth-order valence-electron chi connectivity index (χ4n) is 2.40. The molecule has 0 bridgehead atoms. The molecule has 112 valence electrons. The molecule has 0 saturated heterocycles. The molecule has 1 aliphatic rings. The van der Waals surface area contributed by atoms with E-state index in [1.54, 1.807) is 0 Å². The second-order valence-corrected chi connectivity index (χ2v) is 7.54. The zero-order valence-corrected chi connectivity index (χ0v) is 13.0. The number of aliphatic hydroxyl groups is 1. The summed E-state index contributed by atoms with van der Waals surface area (Å²) < 4.78 is 27.0. The van der Waals surface area contributed by atoms with Crippen molar-refractivity contribution in [2.75, 3.05) is 12.3 Å². The third kappa shape index (κ3) is 3.56. The Kier molecular flexibility index (Phi) is 4.81. The molecule has 1 aromatic rings. The number of rotatable bonds is 4. The van der Waals surface area contributed by atoms with Gasteiger partial charge in [0, 0.05) is 11.6 Å². The molecule has 5 nitrogen and oxygen atoms in total. The highest BCUT2D eigenvalue weighted by molar-refractivity contribution is 7.89. The summed E-state index contributed by atoms with van der Waals surface area (Å²) in [7, 11) is -3.79. The van der Waals surface area contributed by atoms with E-state index in [1.165, 1.54) is 12.1 Å². The summed E-state index contributed by atoms with van der Waals surface area (Å²) >= 11 is 11.7. The van der Waals surface area contributed by atoms with Gasteiger partial charge in [0.15, 0.2) is 0 Å². The van der Waals surface area contributed by atoms with Crippen LogP contribution in [0, 0.1) is 5.92 Å². The van der Waals surface area contributed by atoms with Gasteiger partial charge < -0.3 is 10.8 Å². The van der Waals surface area contributed by atoms with Crippen molar-refractivity contribution in [3.05, 3.63) is 22.2 Å². The Bertz CT molecular complexity index is 584. The molecular weight excluding hydrogens is 323 g/mol. The second-order valence-electron chi connectivity index (χ2n) is 4.99. The molecular formula is C12H16Cl2N2O3S. The fraction of sp³-hybridized carbons (Fsp3) is 0.500. The van der Waals surface area contributed by atoms with Crippen LogP contribution in [0.4, 0.5) is 5.69 Å². The lowest BCUT2D eigenvalue weighted by Crippen LogP contribution is -2.29. The lowest BCUT2D eigenvalue weighted by Gasteiger charge is -2.14. The molecule has 20 heavy (non-hydrogen) atoms. The number of aliphatic hydroxyl groups excluding tert-OH is 1. The van der Waals surface area contributed by atoms with Crippen LogP contribution < -0.4 is 10.5 Å². The number of anilines is 1. The van der Waals surface area contributed by atoms with E-state index < -0.39 is 10.0 Å². The molecule has 1 saturated carbocycles. The average Bonchev–Trinajstić information content (AvgIpc) is 2.71. The van der Waals surface area contributed by atoms with E-state index in [1.807, 2.05) is 0 Å². The van der Waals surface area contributed by atoms with Gasteiger partial charge in [-0.2, -0.15) is 0 Å². The van der Waals surface area contributed by atoms with Crippen molar-refractivity contribution in [1.82, 2.24) is 4.72 Å². The van der Waals surface area contributed by atoms with E-state index >= 15 is 0 Å². The molecule has 0 heterocycles. The standard InChI is InChI=1S/C12H16Cl2N2O3S/c13-8-4-10(14)12(11(15)5-8)20(18,19)16-6-7-1-2-9(17)3-7/h4-5,7,9,16-17H,1-3,6,15H2. The highest BCUT2D eigenvalue weighted by Gasteiger charge is 2.26. The molecule has 1 aliphatic carbocycles. The number of hydrogen-bond donors (Lipinski definition) is 3. The topological polar surface area (TPSA) is 92.4 Å². The van der Waals surface area contributed by atoms with Gasteiger partial charge in [-0.3, -0.25) is 0 Å². The monoisotopic (exact) mass is 338 g/mol. The van der Waals surface area contributed by atoms with Crippen LogP contribution in [0.3, 0.4) is 0 Å². The predicted octanol–water partition coefficient (Wildman–Crippen LogP) is 2.01. The maximum atomic E-state index is 12.2. The zero-order chi connectivity index (χ0) is 14.9. The van der Waals surface area contributed by atoms with E-state index in [-0.39, 0.29) is 39.2 Å². The smallest absolute Gasteiger partial charge is 0.244 e. The number of benzene rings is 1. The molecule has 8 heteroatoms. The second kappa shape index (κ2) is 6.07. The van der Waals surface area contributed by atoms with Gasteiger partial charge in [0.2, 0.25) is 10.0 Å². The highest BCUT2D eigenvalue weighted by atomic mass is 35.5. The number of nitrogens with two attached hydrogens (primary N) is 1. The zero-order valence-electron chi connectivity index (χ0n) is 10.6. The molecule has 1 aromatic carbocycles. The Hall–Kier alpha value is -0.530. The van der Waals surface area contributed by atoms with Gasteiger partial charge in [-0.15, -0.1) is 0 Å². The van der Waals surface area contributed by atoms with Crippen LogP contribution >= 0.6 is 23.2 Å². The normalized spacial score (nSPS) is 23.1. The van der Waals surface area contributed by atoms with E-state index in [0.29, 0.717) is 12.8 Å². The SMILES string of the molecule is Nc1cc(Cl)cc(Cl)c1S(=O)(=O)NCC1CCC(O)C1. The molecule has 2 unspecified atom stereocenters. The summed E-state index contributed by atoms with van der Waals surface area (Å²) in [5.41, 5.74) is 5.70. The van der Waals surface area contributed by atoms with Crippen LogP contribution in [0.5, 0.6) is 0 Å². The lowest BCUT2D eigenvalue weighted by molar-refractivity contribution is 0.178. The first kappa shape index (κ1) is 15.9. The van der Waals surface area contributed by atoms with Crippen LogP contribution in [0.15, 0.2) is 17.0 Å². The first-order chi connectivity index (χ1) is 9.29. The minimum absolute atomic E-state index is 0.00560. The molecule has 0 aromatic heterocycles. The molecule has 0 amide bonds.